The summed E-state index contributed by atoms with van der Waals surface area (Å²) in [6, 6.07) is 5.19. The largest absolute Gasteiger partial charge is 0.444 e. The van der Waals surface area contributed by atoms with Crippen molar-refractivity contribution in [2.75, 3.05) is 6.61 Å². The first kappa shape index (κ1) is 28.0. The molecule has 3 unspecified atom stereocenters. The summed E-state index contributed by atoms with van der Waals surface area (Å²) >= 11 is 0. The third-order valence-corrected chi connectivity index (χ3v) is 4.89. The molecule has 0 radical (unpaired) electrons. The van der Waals surface area contributed by atoms with E-state index in [1.165, 1.54) is 0 Å². The van der Waals surface area contributed by atoms with Crippen LogP contribution >= 0.6 is 0 Å². The van der Waals surface area contributed by atoms with E-state index in [9.17, 15) is 19.5 Å². The maximum Gasteiger partial charge on any atom is 0.408 e. The van der Waals surface area contributed by atoms with Crippen LogP contribution in [0.2, 0.25) is 0 Å². The van der Waals surface area contributed by atoms with Gasteiger partial charge in [-0.15, -0.1) is 0 Å². The summed E-state index contributed by atoms with van der Waals surface area (Å²) in [4.78, 5) is 39.8. The van der Waals surface area contributed by atoms with E-state index in [-0.39, 0.29) is 6.04 Å². The highest BCUT2D eigenvalue weighted by Crippen LogP contribution is 2.26. The fourth-order valence-electron chi connectivity index (χ4n) is 3.35. The van der Waals surface area contributed by atoms with Gasteiger partial charge >= 0.3 is 6.09 Å². The van der Waals surface area contributed by atoms with E-state index < -0.39 is 42.2 Å². The molecule has 0 saturated carbocycles. The van der Waals surface area contributed by atoms with Gasteiger partial charge in [0, 0.05) is 12.1 Å². The van der Waals surface area contributed by atoms with Crippen molar-refractivity contribution in [3.63, 3.8) is 0 Å². The molecule has 1 rings (SSSR count). The standard InChI is InChI=1S/C25H37N3O5/c1-9-11-18(5)26-22(30)21(19-14-16(3)12-13-17(19)4)28(10-2)23(31)20(15-29)27-24(32)33-25(6,7)8/h2,12-14,18,20-21,29H,9,11,15H2,1,3-8H3,(H,26,30)(H,27,32). The SMILES string of the molecule is C#CN(C(=O)C(CO)NC(=O)OC(C)(C)C)C(C(=O)NC(C)CCC)c1cc(C)ccc1C. The van der Waals surface area contributed by atoms with E-state index >= 15 is 0 Å². The molecule has 0 aliphatic rings. The first-order valence-corrected chi connectivity index (χ1v) is 11.1. The third-order valence-electron chi connectivity index (χ3n) is 4.89. The van der Waals surface area contributed by atoms with Crippen LogP contribution in [-0.4, -0.2) is 52.2 Å². The van der Waals surface area contributed by atoms with E-state index in [1.807, 2.05) is 39.8 Å². The molecule has 1 aromatic rings. The lowest BCUT2D eigenvalue weighted by Crippen LogP contribution is -2.53. The van der Waals surface area contributed by atoms with Crippen LogP contribution < -0.4 is 10.6 Å². The Morgan fingerprint density at radius 2 is 1.85 bits per heavy atom. The summed E-state index contributed by atoms with van der Waals surface area (Å²) in [5, 5.41) is 15.1. The number of aliphatic hydroxyl groups excluding tert-OH is 1. The molecule has 0 aromatic heterocycles. The van der Waals surface area contributed by atoms with Crippen molar-refractivity contribution >= 4 is 17.9 Å². The van der Waals surface area contributed by atoms with Gasteiger partial charge in [0.05, 0.1) is 6.61 Å². The van der Waals surface area contributed by atoms with Crippen molar-refractivity contribution in [2.24, 2.45) is 0 Å². The molecule has 0 fully saturated rings. The monoisotopic (exact) mass is 459 g/mol. The summed E-state index contributed by atoms with van der Waals surface area (Å²) in [5.41, 5.74) is 1.44. The first-order valence-electron chi connectivity index (χ1n) is 11.1. The van der Waals surface area contributed by atoms with Crippen LogP contribution in [0, 0.1) is 26.3 Å². The second-order valence-electron chi connectivity index (χ2n) is 9.18. The molecule has 3 atom stereocenters. The van der Waals surface area contributed by atoms with Crippen LogP contribution in [0.15, 0.2) is 18.2 Å². The highest BCUT2D eigenvalue weighted by molar-refractivity contribution is 5.93. The lowest BCUT2D eigenvalue weighted by molar-refractivity contribution is -0.139. The second kappa shape index (κ2) is 12.3. The van der Waals surface area contributed by atoms with E-state index in [0.717, 1.165) is 28.9 Å². The zero-order valence-corrected chi connectivity index (χ0v) is 20.7. The van der Waals surface area contributed by atoms with E-state index in [0.29, 0.717) is 5.56 Å². The Kier molecular flexibility index (Phi) is 10.4. The molecule has 3 amide bonds. The number of alkyl carbamates (subject to hydrolysis) is 1. The lowest BCUT2D eigenvalue weighted by Gasteiger charge is -2.31. The van der Waals surface area contributed by atoms with Crippen molar-refractivity contribution in [2.45, 2.75) is 85.0 Å². The number of hydrogen-bond acceptors (Lipinski definition) is 5. The van der Waals surface area contributed by atoms with Crippen molar-refractivity contribution < 1.29 is 24.2 Å². The number of terminal acetylenes is 1. The maximum atomic E-state index is 13.3. The van der Waals surface area contributed by atoms with Gasteiger partial charge in [-0.3, -0.25) is 14.5 Å². The minimum atomic E-state index is -1.38. The van der Waals surface area contributed by atoms with Gasteiger partial charge in [0.2, 0.25) is 5.91 Å². The molecule has 182 valence electrons. The number of benzene rings is 1. The zero-order chi connectivity index (χ0) is 25.3. The molecule has 33 heavy (non-hydrogen) atoms. The lowest BCUT2D eigenvalue weighted by atomic mass is 9.96. The smallest absolute Gasteiger partial charge is 0.408 e. The summed E-state index contributed by atoms with van der Waals surface area (Å²) < 4.78 is 5.18. The van der Waals surface area contributed by atoms with Crippen LogP contribution in [0.3, 0.4) is 0 Å². The first-order chi connectivity index (χ1) is 15.3. The van der Waals surface area contributed by atoms with Crippen LogP contribution in [0.25, 0.3) is 0 Å². The normalized spacial score (nSPS) is 13.8. The van der Waals surface area contributed by atoms with Gasteiger partial charge in [-0.1, -0.05) is 43.5 Å². The number of carbonyl (C=O) groups excluding carboxylic acids is 3. The number of hydrogen-bond donors (Lipinski definition) is 3. The highest BCUT2D eigenvalue weighted by atomic mass is 16.6. The number of carbonyl (C=O) groups is 3. The highest BCUT2D eigenvalue weighted by Gasteiger charge is 2.36. The number of nitrogens with zero attached hydrogens (tertiary/aromatic N) is 1. The molecule has 0 saturated heterocycles. The average molecular weight is 460 g/mol. The molecule has 0 bridgehead atoms. The van der Waals surface area contributed by atoms with Gasteiger partial charge in [0.15, 0.2) is 0 Å². The Morgan fingerprint density at radius 1 is 1.21 bits per heavy atom. The molecular formula is C25H37N3O5. The van der Waals surface area contributed by atoms with Gasteiger partial charge in [-0.2, -0.15) is 0 Å². The van der Waals surface area contributed by atoms with Crippen molar-refractivity contribution in [3.05, 3.63) is 34.9 Å². The molecule has 0 heterocycles. The van der Waals surface area contributed by atoms with Gasteiger partial charge < -0.3 is 20.5 Å². The quantitative estimate of drug-likeness (QED) is 0.389. The van der Waals surface area contributed by atoms with Crippen LogP contribution in [0.1, 0.15) is 70.2 Å². The summed E-state index contributed by atoms with van der Waals surface area (Å²) in [5.74, 6) is -1.24. The summed E-state index contributed by atoms with van der Waals surface area (Å²) in [6.45, 7) is 11.9. The minimum Gasteiger partial charge on any atom is -0.444 e. The predicted octanol–water partition coefficient (Wildman–Crippen LogP) is 2.95. The molecular weight excluding hydrogens is 422 g/mol. The van der Waals surface area contributed by atoms with Crippen LogP contribution in [0.4, 0.5) is 4.79 Å². The minimum absolute atomic E-state index is 0.127. The fourth-order valence-corrected chi connectivity index (χ4v) is 3.35. The predicted molar refractivity (Wildman–Crippen MR) is 127 cm³/mol. The van der Waals surface area contributed by atoms with Gasteiger partial charge in [-0.05, 0) is 59.1 Å². The summed E-state index contributed by atoms with van der Waals surface area (Å²) in [6.07, 6.45) is 6.46. The third kappa shape index (κ3) is 8.43. The van der Waals surface area contributed by atoms with Crippen LogP contribution in [-0.2, 0) is 14.3 Å². The zero-order valence-electron chi connectivity index (χ0n) is 20.7. The van der Waals surface area contributed by atoms with Crippen molar-refractivity contribution in [3.8, 4) is 12.5 Å². The number of amides is 3. The Hall–Kier alpha value is -3.05. The number of aryl methyl sites for hydroxylation is 2. The molecule has 8 nitrogen and oxygen atoms in total. The fraction of sp³-hybridized carbons (Fsp3) is 0.560. The van der Waals surface area contributed by atoms with Gasteiger partial charge in [0.1, 0.15) is 17.7 Å². The van der Waals surface area contributed by atoms with E-state index in [4.69, 9.17) is 11.2 Å². The molecule has 0 aliphatic carbocycles. The molecule has 1 aromatic carbocycles. The Morgan fingerprint density at radius 3 is 2.36 bits per heavy atom. The van der Waals surface area contributed by atoms with Crippen LogP contribution in [0.5, 0.6) is 0 Å². The molecule has 0 spiro atoms. The van der Waals surface area contributed by atoms with Gasteiger partial charge in [-0.25, -0.2) is 4.79 Å². The number of ether oxygens (including phenoxy) is 1. The molecule has 3 N–H and O–H groups in total. The molecule has 8 heteroatoms. The Bertz CT molecular complexity index is 885. The van der Waals surface area contributed by atoms with Gasteiger partial charge in [0.25, 0.3) is 5.91 Å². The Balaban J connectivity index is 3.36. The van der Waals surface area contributed by atoms with E-state index in [2.05, 4.69) is 16.7 Å². The number of rotatable bonds is 9. The van der Waals surface area contributed by atoms with Crippen molar-refractivity contribution in [1.82, 2.24) is 15.5 Å². The number of aliphatic hydroxyl groups is 1. The summed E-state index contributed by atoms with van der Waals surface area (Å²) in [7, 11) is 0. The van der Waals surface area contributed by atoms with Crippen molar-refractivity contribution in [1.29, 1.82) is 0 Å². The average Bonchev–Trinajstić information content (AvgIpc) is 2.70. The maximum absolute atomic E-state index is 13.3. The van der Waals surface area contributed by atoms with E-state index in [1.54, 1.807) is 26.8 Å². The Labute approximate surface area is 197 Å². The topological polar surface area (TPSA) is 108 Å². The number of nitrogens with one attached hydrogen (secondary N) is 2. The second-order valence-corrected chi connectivity index (χ2v) is 9.18. The molecule has 0 aliphatic heterocycles.